The highest BCUT2D eigenvalue weighted by atomic mass is 16.6. The average Bonchev–Trinajstić information content (AvgIpc) is 2.83. The van der Waals surface area contributed by atoms with Crippen molar-refractivity contribution in [1.82, 2.24) is 10.3 Å². The maximum absolute atomic E-state index is 11.8. The molecule has 2 aromatic rings. The van der Waals surface area contributed by atoms with Gasteiger partial charge < -0.3 is 20.9 Å². The molecule has 0 atom stereocenters. The summed E-state index contributed by atoms with van der Waals surface area (Å²) in [5, 5.41) is 17.7. The lowest BCUT2D eigenvalue weighted by Gasteiger charge is -2.06. The van der Waals surface area contributed by atoms with Gasteiger partial charge >= 0.3 is 5.97 Å². The van der Waals surface area contributed by atoms with Gasteiger partial charge in [0.1, 0.15) is 5.75 Å². The first-order valence-corrected chi connectivity index (χ1v) is 5.40. The number of aromatic nitrogens is 2. The van der Waals surface area contributed by atoms with Crippen molar-refractivity contribution in [1.29, 1.82) is 0 Å². The molecule has 1 aromatic heterocycles. The van der Waals surface area contributed by atoms with E-state index in [-0.39, 0.29) is 11.5 Å². The van der Waals surface area contributed by atoms with E-state index in [4.69, 9.17) is 15.6 Å². The monoisotopic (exact) mass is 278 g/mol. The van der Waals surface area contributed by atoms with Crippen molar-refractivity contribution >= 4 is 23.4 Å². The predicted octanol–water partition coefficient (Wildman–Crippen LogP) is 0.367. The van der Waals surface area contributed by atoms with Gasteiger partial charge in [0, 0.05) is 11.8 Å². The van der Waals surface area contributed by atoms with Crippen LogP contribution in [0.4, 0.5) is 11.5 Å². The zero-order valence-electron chi connectivity index (χ0n) is 10.1. The van der Waals surface area contributed by atoms with Crippen molar-refractivity contribution in [3.05, 3.63) is 30.0 Å². The van der Waals surface area contributed by atoms with Gasteiger partial charge in [-0.1, -0.05) is 6.07 Å². The minimum absolute atomic E-state index is 0.124. The molecular weight excluding hydrogens is 268 g/mol. The molecule has 0 saturated heterocycles. The largest absolute Gasteiger partial charge is 0.482 e. The van der Waals surface area contributed by atoms with Crippen LogP contribution in [0.3, 0.4) is 0 Å². The topological polar surface area (TPSA) is 141 Å². The smallest absolute Gasteiger partial charge is 0.341 e. The van der Waals surface area contributed by atoms with Crippen LogP contribution in [0.15, 0.2) is 28.9 Å². The molecule has 1 heterocycles. The molecule has 0 saturated carbocycles. The number of amides is 1. The number of nitrogens with two attached hydrogens (primary N) is 1. The highest BCUT2D eigenvalue weighted by Crippen LogP contribution is 2.18. The van der Waals surface area contributed by atoms with Crippen molar-refractivity contribution in [2.24, 2.45) is 0 Å². The fraction of sp³-hybridized carbons (Fsp3) is 0.0909. The van der Waals surface area contributed by atoms with Crippen molar-refractivity contribution in [2.75, 3.05) is 17.7 Å². The van der Waals surface area contributed by atoms with Crippen LogP contribution < -0.4 is 15.8 Å². The first-order chi connectivity index (χ1) is 9.56. The van der Waals surface area contributed by atoms with Crippen molar-refractivity contribution in [2.45, 2.75) is 0 Å². The van der Waals surface area contributed by atoms with E-state index in [9.17, 15) is 9.59 Å². The summed E-state index contributed by atoms with van der Waals surface area (Å²) in [6, 6.07) is 6.21. The van der Waals surface area contributed by atoms with Crippen LogP contribution in [0, 0.1) is 0 Å². The molecule has 0 unspecified atom stereocenters. The first kappa shape index (κ1) is 13.3. The Labute approximate surface area is 112 Å². The van der Waals surface area contributed by atoms with E-state index in [2.05, 4.69) is 20.3 Å². The molecule has 9 heteroatoms. The summed E-state index contributed by atoms with van der Waals surface area (Å²) in [4.78, 5) is 22.2. The van der Waals surface area contributed by atoms with Gasteiger partial charge in [-0.2, -0.15) is 0 Å². The van der Waals surface area contributed by atoms with E-state index in [1.807, 2.05) is 0 Å². The highest BCUT2D eigenvalue weighted by Gasteiger charge is 2.16. The molecule has 104 valence electrons. The molecule has 0 bridgehead atoms. The number of carbonyl (C=O) groups is 2. The Morgan fingerprint density at radius 3 is 2.85 bits per heavy atom. The number of carboxylic acid groups (broad SMARTS) is 1. The molecule has 9 nitrogen and oxygen atoms in total. The lowest BCUT2D eigenvalue weighted by atomic mass is 10.3. The van der Waals surface area contributed by atoms with E-state index < -0.39 is 18.5 Å². The number of hydrogen-bond acceptors (Lipinski definition) is 7. The quantitative estimate of drug-likeness (QED) is 0.712. The van der Waals surface area contributed by atoms with Gasteiger partial charge in [-0.05, 0) is 22.4 Å². The molecule has 0 aliphatic rings. The molecule has 0 fully saturated rings. The van der Waals surface area contributed by atoms with Crippen LogP contribution in [0.25, 0.3) is 0 Å². The predicted molar refractivity (Wildman–Crippen MR) is 66.2 cm³/mol. The summed E-state index contributed by atoms with van der Waals surface area (Å²) in [7, 11) is 0. The number of hydrogen-bond donors (Lipinski definition) is 3. The molecule has 1 aromatic carbocycles. The second kappa shape index (κ2) is 5.69. The van der Waals surface area contributed by atoms with Gasteiger partial charge in [-0.3, -0.25) is 4.79 Å². The van der Waals surface area contributed by atoms with Gasteiger partial charge in [-0.25, -0.2) is 9.42 Å². The van der Waals surface area contributed by atoms with Crippen LogP contribution in [0.1, 0.15) is 10.5 Å². The minimum atomic E-state index is -1.10. The molecule has 4 N–H and O–H groups in total. The third kappa shape index (κ3) is 3.22. The Balaban J connectivity index is 2.06. The zero-order valence-corrected chi connectivity index (χ0v) is 10.1. The Morgan fingerprint density at radius 1 is 1.40 bits per heavy atom. The summed E-state index contributed by atoms with van der Waals surface area (Å²) in [5.41, 5.74) is 5.64. The van der Waals surface area contributed by atoms with Gasteiger partial charge in [0.05, 0.1) is 0 Å². The van der Waals surface area contributed by atoms with Crippen LogP contribution in [-0.2, 0) is 4.79 Å². The van der Waals surface area contributed by atoms with E-state index >= 15 is 0 Å². The van der Waals surface area contributed by atoms with Gasteiger partial charge in [0.2, 0.25) is 11.5 Å². The van der Waals surface area contributed by atoms with Gasteiger partial charge in [0.25, 0.3) is 5.91 Å². The summed E-state index contributed by atoms with van der Waals surface area (Å²) in [6.07, 6.45) is 0. The number of carboxylic acids is 1. The standard InChI is InChI=1S/C11H10N4O5/c12-10-9(14-20-15-10)11(18)13-6-2-1-3-7(4-6)19-5-8(16)17/h1-4H,5H2,(H2,12,15)(H,13,18)(H,16,17). The maximum atomic E-state index is 11.8. The van der Waals surface area contributed by atoms with Gasteiger partial charge in [-0.15, -0.1) is 0 Å². The Hall–Kier alpha value is -3.10. The molecule has 0 aliphatic heterocycles. The van der Waals surface area contributed by atoms with Crippen LogP contribution in [0.2, 0.25) is 0 Å². The average molecular weight is 278 g/mol. The van der Waals surface area contributed by atoms with Crippen molar-refractivity contribution in [3.8, 4) is 5.75 Å². The molecule has 2 rings (SSSR count). The number of anilines is 2. The Kier molecular flexibility index (Phi) is 3.80. The van der Waals surface area contributed by atoms with Crippen LogP contribution in [-0.4, -0.2) is 33.9 Å². The lowest BCUT2D eigenvalue weighted by Crippen LogP contribution is -2.14. The first-order valence-electron chi connectivity index (χ1n) is 5.40. The van der Waals surface area contributed by atoms with E-state index in [1.165, 1.54) is 6.07 Å². The SMILES string of the molecule is Nc1nonc1C(=O)Nc1cccc(OCC(=O)O)c1. The number of nitrogens with zero attached hydrogens (tertiary/aromatic N) is 2. The number of carbonyl (C=O) groups excluding carboxylic acids is 1. The van der Waals surface area contributed by atoms with E-state index in [1.54, 1.807) is 18.2 Å². The van der Waals surface area contributed by atoms with E-state index in [0.29, 0.717) is 11.4 Å². The highest BCUT2D eigenvalue weighted by molar-refractivity contribution is 6.05. The second-order valence-corrected chi connectivity index (χ2v) is 3.66. The van der Waals surface area contributed by atoms with Crippen molar-refractivity contribution < 1.29 is 24.1 Å². The Bertz CT molecular complexity index is 639. The normalized spacial score (nSPS) is 10.0. The number of benzene rings is 1. The summed E-state index contributed by atoms with van der Waals surface area (Å²) in [5.74, 6) is -1.52. The minimum Gasteiger partial charge on any atom is -0.482 e. The molecule has 0 spiro atoms. The number of aliphatic carboxylic acids is 1. The molecule has 0 radical (unpaired) electrons. The third-order valence-electron chi connectivity index (χ3n) is 2.18. The third-order valence-corrected chi connectivity index (χ3v) is 2.18. The van der Waals surface area contributed by atoms with Crippen LogP contribution >= 0.6 is 0 Å². The fourth-order valence-corrected chi connectivity index (χ4v) is 1.35. The van der Waals surface area contributed by atoms with Gasteiger partial charge in [0.15, 0.2) is 6.61 Å². The summed E-state index contributed by atoms with van der Waals surface area (Å²) >= 11 is 0. The lowest BCUT2D eigenvalue weighted by molar-refractivity contribution is -0.139. The molecule has 0 aliphatic carbocycles. The molecule has 20 heavy (non-hydrogen) atoms. The maximum Gasteiger partial charge on any atom is 0.341 e. The van der Waals surface area contributed by atoms with E-state index in [0.717, 1.165) is 0 Å². The molecule has 1 amide bonds. The number of nitrogens with one attached hydrogen (secondary N) is 1. The zero-order chi connectivity index (χ0) is 14.5. The Morgan fingerprint density at radius 2 is 2.20 bits per heavy atom. The number of nitrogen functional groups attached to an aromatic ring is 1. The fourth-order valence-electron chi connectivity index (χ4n) is 1.35. The number of rotatable bonds is 5. The van der Waals surface area contributed by atoms with Crippen LogP contribution in [0.5, 0.6) is 5.75 Å². The van der Waals surface area contributed by atoms with Crippen molar-refractivity contribution in [3.63, 3.8) is 0 Å². The summed E-state index contributed by atoms with van der Waals surface area (Å²) < 4.78 is 9.30. The molecular formula is C11H10N4O5. The number of ether oxygens (including phenoxy) is 1. The second-order valence-electron chi connectivity index (χ2n) is 3.66. The summed E-state index contributed by atoms with van der Waals surface area (Å²) in [6.45, 7) is -0.475.